The molecule has 0 aliphatic rings. The Bertz CT molecular complexity index is 892. The van der Waals surface area contributed by atoms with Gasteiger partial charge in [-0.05, 0) is 36.4 Å². The predicted octanol–water partition coefficient (Wildman–Crippen LogP) is 5.15. The summed E-state index contributed by atoms with van der Waals surface area (Å²) >= 11 is 3.32. The first-order valence-corrected chi connectivity index (χ1v) is 8.52. The van der Waals surface area contributed by atoms with Gasteiger partial charge in [0.1, 0.15) is 15.8 Å². The second kappa shape index (κ2) is 5.59. The van der Waals surface area contributed by atoms with Crippen LogP contribution < -0.4 is 0 Å². The highest BCUT2D eigenvalue weighted by atomic mass is 32.1. The van der Waals surface area contributed by atoms with E-state index in [0.717, 1.165) is 33.2 Å². The summed E-state index contributed by atoms with van der Waals surface area (Å²) in [7, 11) is 0. The lowest BCUT2D eigenvalue weighted by Crippen LogP contribution is -1.86. The Morgan fingerprint density at radius 1 is 0.909 bits per heavy atom. The molecular formula is C17H11FN2S2. The Balaban J connectivity index is 1.60. The molecular weight excluding hydrogens is 315 g/mol. The molecule has 0 fully saturated rings. The van der Waals surface area contributed by atoms with Crippen molar-refractivity contribution in [2.75, 3.05) is 0 Å². The van der Waals surface area contributed by atoms with Crippen molar-refractivity contribution < 1.29 is 4.39 Å². The normalized spacial score (nSPS) is 11.1. The average Bonchev–Trinajstić information content (AvgIpc) is 3.14. The van der Waals surface area contributed by atoms with E-state index >= 15 is 0 Å². The molecule has 0 N–H and O–H groups in total. The number of nitrogens with zero attached hydrogens (tertiary/aromatic N) is 2. The molecule has 2 heterocycles. The molecule has 0 bridgehead atoms. The fraction of sp³-hybridized carbons (Fsp3) is 0.0588. The fourth-order valence-corrected chi connectivity index (χ4v) is 4.14. The van der Waals surface area contributed by atoms with Gasteiger partial charge in [-0.25, -0.2) is 14.4 Å². The van der Waals surface area contributed by atoms with Crippen LogP contribution in [0.15, 0.2) is 53.9 Å². The second-order valence-electron chi connectivity index (χ2n) is 4.89. The fourth-order valence-electron chi connectivity index (χ4n) is 2.27. The van der Waals surface area contributed by atoms with E-state index in [0.29, 0.717) is 0 Å². The van der Waals surface area contributed by atoms with Crippen molar-refractivity contribution in [3.8, 4) is 11.3 Å². The van der Waals surface area contributed by atoms with E-state index in [-0.39, 0.29) is 5.82 Å². The highest BCUT2D eigenvalue weighted by Crippen LogP contribution is 2.27. The Kier molecular flexibility index (Phi) is 3.44. The van der Waals surface area contributed by atoms with Crippen LogP contribution in [-0.2, 0) is 6.42 Å². The number of para-hydroxylation sites is 1. The van der Waals surface area contributed by atoms with Crippen LogP contribution in [0.5, 0.6) is 0 Å². The van der Waals surface area contributed by atoms with Gasteiger partial charge < -0.3 is 0 Å². The predicted molar refractivity (Wildman–Crippen MR) is 89.9 cm³/mol. The van der Waals surface area contributed by atoms with Crippen LogP contribution in [0.2, 0.25) is 0 Å². The zero-order valence-electron chi connectivity index (χ0n) is 11.5. The van der Waals surface area contributed by atoms with Crippen molar-refractivity contribution in [2.45, 2.75) is 6.42 Å². The van der Waals surface area contributed by atoms with Crippen LogP contribution in [-0.4, -0.2) is 9.97 Å². The molecule has 0 spiro atoms. The van der Waals surface area contributed by atoms with E-state index in [9.17, 15) is 4.39 Å². The van der Waals surface area contributed by atoms with E-state index in [4.69, 9.17) is 0 Å². The number of fused-ring (bicyclic) bond motifs is 1. The summed E-state index contributed by atoms with van der Waals surface area (Å²) in [5.41, 5.74) is 2.87. The molecule has 2 nitrogen and oxygen atoms in total. The molecule has 108 valence electrons. The van der Waals surface area contributed by atoms with Gasteiger partial charge in [-0.2, -0.15) is 0 Å². The zero-order valence-corrected chi connectivity index (χ0v) is 13.1. The summed E-state index contributed by atoms with van der Waals surface area (Å²) in [5, 5.41) is 4.11. The first-order chi connectivity index (χ1) is 10.8. The first kappa shape index (κ1) is 13.5. The van der Waals surface area contributed by atoms with E-state index in [1.54, 1.807) is 34.8 Å². The number of hydrogen-bond acceptors (Lipinski definition) is 4. The van der Waals surface area contributed by atoms with Gasteiger partial charge >= 0.3 is 0 Å². The minimum absolute atomic E-state index is 0.228. The number of thiazole rings is 2. The van der Waals surface area contributed by atoms with Crippen LogP contribution in [0.1, 0.15) is 10.0 Å². The molecule has 0 radical (unpaired) electrons. The zero-order chi connectivity index (χ0) is 14.9. The molecule has 0 saturated heterocycles. The molecule has 0 aliphatic carbocycles. The van der Waals surface area contributed by atoms with Gasteiger partial charge in [0.25, 0.3) is 0 Å². The van der Waals surface area contributed by atoms with Crippen LogP contribution >= 0.6 is 22.7 Å². The van der Waals surface area contributed by atoms with Gasteiger partial charge in [-0.3, -0.25) is 0 Å². The Hall–Kier alpha value is -2.11. The van der Waals surface area contributed by atoms with E-state index in [1.165, 1.54) is 16.8 Å². The van der Waals surface area contributed by atoms with Crippen LogP contribution in [0.4, 0.5) is 4.39 Å². The van der Waals surface area contributed by atoms with Crippen molar-refractivity contribution >= 4 is 32.9 Å². The van der Waals surface area contributed by atoms with Gasteiger partial charge in [0, 0.05) is 10.9 Å². The van der Waals surface area contributed by atoms with Crippen LogP contribution in [0.3, 0.4) is 0 Å². The van der Waals surface area contributed by atoms with Gasteiger partial charge in [0.2, 0.25) is 0 Å². The standard InChI is InChI=1S/C17H11FN2S2/c18-12-7-5-11(6-8-12)14-10-21-16(20-14)9-17-19-13-3-1-2-4-15(13)22-17/h1-8,10H,9H2. The molecule has 0 atom stereocenters. The highest BCUT2D eigenvalue weighted by molar-refractivity contribution is 7.18. The van der Waals surface area contributed by atoms with E-state index in [1.807, 2.05) is 23.6 Å². The molecule has 2 aromatic heterocycles. The maximum atomic E-state index is 13.0. The molecule has 22 heavy (non-hydrogen) atoms. The topological polar surface area (TPSA) is 25.8 Å². The molecule has 0 saturated carbocycles. The van der Waals surface area contributed by atoms with Crippen molar-refractivity contribution in [1.82, 2.24) is 9.97 Å². The molecule has 2 aromatic carbocycles. The van der Waals surface area contributed by atoms with Crippen LogP contribution in [0.25, 0.3) is 21.5 Å². The molecule has 4 rings (SSSR count). The molecule has 4 aromatic rings. The molecule has 0 unspecified atom stereocenters. The number of hydrogen-bond donors (Lipinski definition) is 0. The largest absolute Gasteiger partial charge is 0.241 e. The number of halogens is 1. The summed E-state index contributed by atoms with van der Waals surface area (Å²) < 4.78 is 14.2. The monoisotopic (exact) mass is 326 g/mol. The molecule has 0 amide bonds. The van der Waals surface area contributed by atoms with Gasteiger partial charge in [-0.1, -0.05) is 12.1 Å². The number of rotatable bonds is 3. The summed E-state index contributed by atoms with van der Waals surface area (Å²) in [4.78, 5) is 9.28. The second-order valence-corrected chi connectivity index (χ2v) is 6.94. The lowest BCUT2D eigenvalue weighted by molar-refractivity contribution is 0.628. The third kappa shape index (κ3) is 2.65. The minimum Gasteiger partial charge on any atom is -0.241 e. The first-order valence-electron chi connectivity index (χ1n) is 6.83. The molecule has 0 aliphatic heterocycles. The quantitative estimate of drug-likeness (QED) is 0.520. The lowest BCUT2D eigenvalue weighted by Gasteiger charge is -1.95. The average molecular weight is 326 g/mol. The van der Waals surface area contributed by atoms with Crippen LogP contribution in [0, 0.1) is 5.82 Å². The Labute approximate surface area is 134 Å². The van der Waals surface area contributed by atoms with E-state index in [2.05, 4.69) is 16.0 Å². The van der Waals surface area contributed by atoms with Gasteiger partial charge in [0.15, 0.2) is 0 Å². The Morgan fingerprint density at radius 2 is 1.73 bits per heavy atom. The third-order valence-electron chi connectivity index (χ3n) is 3.33. The summed E-state index contributed by atoms with van der Waals surface area (Å²) in [6, 6.07) is 14.6. The minimum atomic E-state index is -0.228. The maximum absolute atomic E-state index is 13.0. The summed E-state index contributed by atoms with van der Waals surface area (Å²) in [6.07, 6.45) is 0.741. The van der Waals surface area contributed by atoms with Gasteiger partial charge in [-0.15, -0.1) is 22.7 Å². The smallest absolute Gasteiger partial charge is 0.123 e. The SMILES string of the molecule is Fc1ccc(-c2csc(Cc3nc4ccccc4s3)n2)cc1. The van der Waals surface area contributed by atoms with Crippen molar-refractivity contribution in [2.24, 2.45) is 0 Å². The maximum Gasteiger partial charge on any atom is 0.123 e. The lowest BCUT2D eigenvalue weighted by atomic mass is 10.2. The van der Waals surface area contributed by atoms with Gasteiger partial charge in [0.05, 0.1) is 22.3 Å². The number of benzene rings is 2. The highest BCUT2D eigenvalue weighted by Gasteiger charge is 2.09. The van der Waals surface area contributed by atoms with E-state index < -0.39 is 0 Å². The molecule has 5 heteroatoms. The van der Waals surface area contributed by atoms with Crippen molar-refractivity contribution in [3.05, 3.63) is 69.7 Å². The number of aromatic nitrogens is 2. The third-order valence-corrected chi connectivity index (χ3v) is 5.22. The Morgan fingerprint density at radius 3 is 2.55 bits per heavy atom. The van der Waals surface area contributed by atoms with Crippen molar-refractivity contribution in [3.63, 3.8) is 0 Å². The summed E-state index contributed by atoms with van der Waals surface area (Å²) in [6.45, 7) is 0. The van der Waals surface area contributed by atoms with Crippen molar-refractivity contribution in [1.29, 1.82) is 0 Å². The summed E-state index contributed by atoms with van der Waals surface area (Å²) in [5.74, 6) is -0.228.